The van der Waals surface area contributed by atoms with E-state index in [1.165, 1.54) is 0 Å². The van der Waals surface area contributed by atoms with Gasteiger partial charge in [-0.25, -0.2) is 5.43 Å². The second-order valence-electron chi connectivity index (χ2n) is 3.91. The fourth-order valence-electron chi connectivity index (χ4n) is 1.51. The minimum atomic E-state index is -0.218. The Hall–Kier alpha value is -2.69. The minimum Gasteiger partial charge on any atom is -0.380 e. The molecule has 2 aromatic rings. The van der Waals surface area contributed by atoms with Gasteiger partial charge in [-0.1, -0.05) is 36.4 Å². The molecule has 1 heterocycles. The zero-order valence-corrected chi connectivity index (χ0v) is 10.3. The molecule has 96 valence electrons. The van der Waals surface area contributed by atoms with Crippen LogP contribution >= 0.6 is 0 Å². The van der Waals surface area contributed by atoms with Crippen molar-refractivity contribution in [3.05, 3.63) is 66.0 Å². The molecule has 0 aliphatic carbocycles. The summed E-state index contributed by atoms with van der Waals surface area (Å²) < 4.78 is 0. The highest BCUT2D eigenvalue weighted by Gasteiger charge is 2.03. The van der Waals surface area contributed by atoms with Crippen LogP contribution in [0.4, 0.5) is 0 Å². The smallest absolute Gasteiger partial charge is 0.244 e. The fraction of sp³-hybridized carbons (Fsp3) is 0.0714. The van der Waals surface area contributed by atoms with Crippen LogP contribution in [0.3, 0.4) is 0 Å². The third-order valence-corrected chi connectivity index (χ3v) is 2.44. The number of carbonyl (C=O) groups excluding carboxylic acids is 1. The highest BCUT2D eigenvalue weighted by atomic mass is 16.2. The lowest BCUT2D eigenvalue weighted by Crippen LogP contribution is -2.25. The Morgan fingerprint density at radius 3 is 2.58 bits per heavy atom. The SMILES string of the molecule is N/C(=N\NC(=O)Cc1ccccc1)c1ccccn1. The summed E-state index contributed by atoms with van der Waals surface area (Å²) in [6, 6.07) is 14.7. The van der Waals surface area contributed by atoms with E-state index in [4.69, 9.17) is 5.73 Å². The number of nitrogens with two attached hydrogens (primary N) is 1. The lowest BCUT2D eigenvalue weighted by atomic mass is 10.1. The maximum absolute atomic E-state index is 11.7. The topological polar surface area (TPSA) is 80.4 Å². The molecule has 0 saturated heterocycles. The van der Waals surface area contributed by atoms with E-state index in [-0.39, 0.29) is 18.2 Å². The normalized spacial score (nSPS) is 11.1. The number of hydrogen-bond donors (Lipinski definition) is 2. The van der Waals surface area contributed by atoms with Crippen LogP contribution in [0.25, 0.3) is 0 Å². The maximum Gasteiger partial charge on any atom is 0.244 e. The van der Waals surface area contributed by atoms with Crippen molar-refractivity contribution >= 4 is 11.7 Å². The first-order valence-corrected chi connectivity index (χ1v) is 5.83. The Morgan fingerprint density at radius 1 is 1.16 bits per heavy atom. The second kappa shape index (κ2) is 6.30. The number of nitrogens with zero attached hydrogens (tertiary/aromatic N) is 2. The average Bonchev–Trinajstić information content (AvgIpc) is 2.47. The van der Waals surface area contributed by atoms with E-state index in [1.807, 2.05) is 30.3 Å². The van der Waals surface area contributed by atoms with Gasteiger partial charge in [-0.15, -0.1) is 0 Å². The molecule has 0 saturated carbocycles. The summed E-state index contributed by atoms with van der Waals surface area (Å²) in [6.07, 6.45) is 1.88. The van der Waals surface area contributed by atoms with Gasteiger partial charge in [0.1, 0.15) is 5.69 Å². The van der Waals surface area contributed by atoms with Crippen molar-refractivity contribution in [1.82, 2.24) is 10.4 Å². The number of aromatic nitrogens is 1. The van der Waals surface area contributed by atoms with Crippen LogP contribution in [0.2, 0.25) is 0 Å². The average molecular weight is 254 g/mol. The number of nitrogens with one attached hydrogen (secondary N) is 1. The van der Waals surface area contributed by atoms with Crippen LogP contribution in [-0.4, -0.2) is 16.7 Å². The van der Waals surface area contributed by atoms with Crippen LogP contribution in [-0.2, 0) is 11.2 Å². The first kappa shape index (κ1) is 12.8. The summed E-state index contributed by atoms with van der Waals surface area (Å²) in [5.41, 5.74) is 9.58. The summed E-state index contributed by atoms with van der Waals surface area (Å²) in [5.74, 6) is -0.0351. The first-order valence-electron chi connectivity index (χ1n) is 5.83. The molecule has 0 fully saturated rings. The molecule has 3 N–H and O–H groups in total. The lowest BCUT2D eigenvalue weighted by molar-refractivity contribution is -0.120. The van der Waals surface area contributed by atoms with Crippen LogP contribution < -0.4 is 11.2 Å². The zero-order chi connectivity index (χ0) is 13.5. The van der Waals surface area contributed by atoms with Crippen molar-refractivity contribution in [2.45, 2.75) is 6.42 Å². The van der Waals surface area contributed by atoms with Gasteiger partial charge in [0.2, 0.25) is 5.91 Å². The van der Waals surface area contributed by atoms with E-state index in [1.54, 1.807) is 24.4 Å². The molecule has 0 aliphatic rings. The Kier molecular flexibility index (Phi) is 4.23. The Labute approximate surface area is 111 Å². The maximum atomic E-state index is 11.7. The monoisotopic (exact) mass is 254 g/mol. The molecule has 2 rings (SSSR count). The Morgan fingerprint density at radius 2 is 1.89 bits per heavy atom. The van der Waals surface area contributed by atoms with E-state index in [2.05, 4.69) is 15.5 Å². The summed E-state index contributed by atoms with van der Waals surface area (Å²) in [7, 11) is 0. The first-order chi connectivity index (χ1) is 9.25. The number of pyridine rings is 1. The number of rotatable bonds is 4. The second-order valence-corrected chi connectivity index (χ2v) is 3.91. The Balaban J connectivity index is 1.93. The largest absolute Gasteiger partial charge is 0.380 e. The molecule has 0 bridgehead atoms. The number of carbonyl (C=O) groups is 1. The highest BCUT2D eigenvalue weighted by molar-refractivity contribution is 5.96. The van der Waals surface area contributed by atoms with Crippen molar-refractivity contribution in [2.24, 2.45) is 10.8 Å². The van der Waals surface area contributed by atoms with Crippen LogP contribution in [0.15, 0.2) is 59.8 Å². The number of amides is 1. The van der Waals surface area contributed by atoms with Gasteiger partial charge < -0.3 is 5.73 Å². The van der Waals surface area contributed by atoms with Crippen molar-refractivity contribution < 1.29 is 4.79 Å². The molecule has 5 heteroatoms. The van der Waals surface area contributed by atoms with E-state index < -0.39 is 0 Å². The molecule has 0 aliphatic heterocycles. The Bertz CT molecular complexity index is 567. The van der Waals surface area contributed by atoms with Crippen molar-refractivity contribution in [3.63, 3.8) is 0 Å². The quantitative estimate of drug-likeness (QED) is 0.486. The van der Waals surface area contributed by atoms with E-state index in [0.717, 1.165) is 5.56 Å². The van der Waals surface area contributed by atoms with Crippen LogP contribution in [0, 0.1) is 0 Å². The number of hydrazone groups is 1. The number of amidine groups is 1. The van der Waals surface area contributed by atoms with Crippen LogP contribution in [0.5, 0.6) is 0 Å². The molecule has 1 aromatic heterocycles. The van der Waals surface area contributed by atoms with Crippen molar-refractivity contribution in [1.29, 1.82) is 0 Å². The van der Waals surface area contributed by atoms with Gasteiger partial charge in [0.25, 0.3) is 0 Å². The van der Waals surface area contributed by atoms with E-state index >= 15 is 0 Å². The van der Waals surface area contributed by atoms with Crippen molar-refractivity contribution in [2.75, 3.05) is 0 Å². The predicted octanol–water partition coefficient (Wildman–Crippen LogP) is 1.06. The van der Waals surface area contributed by atoms with Gasteiger partial charge in [0.15, 0.2) is 5.84 Å². The van der Waals surface area contributed by atoms with Gasteiger partial charge in [-0.2, -0.15) is 5.10 Å². The molecular weight excluding hydrogens is 240 g/mol. The predicted molar refractivity (Wildman–Crippen MR) is 73.3 cm³/mol. The molecule has 19 heavy (non-hydrogen) atoms. The third-order valence-electron chi connectivity index (χ3n) is 2.44. The molecule has 0 radical (unpaired) electrons. The van der Waals surface area contributed by atoms with Gasteiger partial charge in [-0.3, -0.25) is 9.78 Å². The van der Waals surface area contributed by atoms with Gasteiger partial charge in [0, 0.05) is 6.20 Å². The summed E-state index contributed by atoms with van der Waals surface area (Å²) in [4.78, 5) is 15.7. The summed E-state index contributed by atoms with van der Waals surface area (Å²) >= 11 is 0. The minimum absolute atomic E-state index is 0.182. The van der Waals surface area contributed by atoms with Crippen molar-refractivity contribution in [3.8, 4) is 0 Å². The molecule has 0 atom stereocenters. The fourth-order valence-corrected chi connectivity index (χ4v) is 1.51. The van der Waals surface area contributed by atoms with E-state index in [9.17, 15) is 4.79 Å². The summed E-state index contributed by atoms with van der Waals surface area (Å²) in [5, 5.41) is 3.82. The third kappa shape index (κ3) is 3.92. The molecule has 1 amide bonds. The van der Waals surface area contributed by atoms with Crippen LogP contribution in [0.1, 0.15) is 11.3 Å². The lowest BCUT2D eigenvalue weighted by Gasteiger charge is -2.02. The molecule has 0 unspecified atom stereocenters. The van der Waals surface area contributed by atoms with Gasteiger partial charge >= 0.3 is 0 Å². The number of benzene rings is 1. The van der Waals surface area contributed by atoms with Gasteiger partial charge in [0.05, 0.1) is 6.42 Å². The zero-order valence-electron chi connectivity index (χ0n) is 10.3. The summed E-state index contributed by atoms with van der Waals surface area (Å²) in [6.45, 7) is 0. The standard InChI is InChI=1S/C14H14N4O/c15-14(12-8-4-5-9-16-12)18-17-13(19)10-11-6-2-1-3-7-11/h1-9H,10H2,(H2,15,18)(H,17,19). The molecule has 1 aromatic carbocycles. The molecular formula is C14H14N4O. The van der Waals surface area contributed by atoms with E-state index in [0.29, 0.717) is 5.69 Å². The highest BCUT2D eigenvalue weighted by Crippen LogP contribution is 1.99. The number of hydrogen-bond acceptors (Lipinski definition) is 3. The van der Waals surface area contributed by atoms with Gasteiger partial charge in [-0.05, 0) is 17.7 Å². The molecule has 5 nitrogen and oxygen atoms in total. The molecule has 0 spiro atoms.